The molecule has 2 rings (SSSR count). The molecule has 0 unspecified atom stereocenters. The number of carboxylic acids is 2. The first-order valence-corrected chi connectivity index (χ1v) is 10.3. The Morgan fingerprint density at radius 1 is 0.903 bits per heavy atom. The van der Waals surface area contributed by atoms with E-state index in [0.717, 1.165) is 18.6 Å². The van der Waals surface area contributed by atoms with Gasteiger partial charge in [-0.15, -0.1) is 0 Å². The molecule has 0 aliphatic carbocycles. The van der Waals surface area contributed by atoms with Gasteiger partial charge < -0.3 is 24.4 Å². The monoisotopic (exact) mass is 428 g/mol. The zero-order valence-corrected chi connectivity index (χ0v) is 17.8. The summed E-state index contributed by atoms with van der Waals surface area (Å²) in [6.07, 6.45) is 3.71. The van der Waals surface area contributed by atoms with Crippen LogP contribution in [0.4, 0.5) is 0 Å². The lowest BCUT2D eigenvalue weighted by Gasteiger charge is -2.15. The standard InChI is InChI=1S/C24H28O7/c1-3-9-17-10-5-6-11-19(17)29-14-8-15-30-20-12-7-13-21(18(20)4-2)31-22(24(27)28)16-23(25)26/h5-7,10-13,16H,3-4,8-9,14-15H2,1-2H3,(H,25,26)(H,27,28)/b22-16-. The molecule has 166 valence electrons. The normalized spacial score (nSPS) is 11.1. The third-order valence-electron chi connectivity index (χ3n) is 4.42. The highest BCUT2D eigenvalue weighted by atomic mass is 16.5. The van der Waals surface area contributed by atoms with Gasteiger partial charge >= 0.3 is 11.9 Å². The average molecular weight is 428 g/mol. The molecule has 2 aromatic rings. The Morgan fingerprint density at radius 2 is 1.55 bits per heavy atom. The third-order valence-corrected chi connectivity index (χ3v) is 4.42. The molecule has 0 bridgehead atoms. The SMILES string of the molecule is CCCc1ccccc1OCCCOc1cccc(O/C(=C\C(=O)O)C(=O)O)c1CC. The van der Waals surface area contributed by atoms with E-state index in [-0.39, 0.29) is 5.75 Å². The molecule has 0 heterocycles. The number of carbonyl (C=O) groups is 2. The smallest absolute Gasteiger partial charge is 0.372 e. The number of hydrogen-bond donors (Lipinski definition) is 2. The number of ether oxygens (including phenoxy) is 3. The fourth-order valence-corrected chi connectivity index (χ4v) is 3.03. The van der Waals surface area contributed by atoms with E-state index in [9.17, 15) is 9.59 Å². The van der Waals surface area contributed by atoms with Crippen LogP contribution in [0.5, 0.6) is 17.2 Å². The topological polar surface area (TPSA) is 102 Å². The van der Waals surface area contributed by atoms with Crippen LogP contribution in [0.25, 0.3) is 0 Å². The van der Waals surface area contributed by atoms with Crippen molar-refractivity contribution in [2.45, 2.75) is 39.5 Å². The second kappa shape index (κ2) is 12.3. The van der Waals surface area contributed by atoms with Gasteiger partial charge in [0.25, 0.3) is 0 Å². The molecule has 0 aliphatic rings. The summed E-state index contributed by atoms with van der Waals surface area (Å²) in [6.45, 7) is 4.92. The Labute approximate surface area is 181 Å². The van der Waals surface area contributed by atoms with E-state index in [0.29, 0.717) is 43.4 Å². The molecule has 0 atom stereocenters. The minimum absolute atomic E-state index is 0.250. The van der Waals surface area contributed by atoms with Crippen LogP contribution < -0.4 is 14.2 Å². The molecule has 7 nitrogen and oxygen atoms in total. The summed E-state index contributed by atoms with van der Waals surface area (Å²) in [6, 6.07) is 13.0. The molecule has 7 heteroatoms. The first kappa shape index (κ1) is 23.8. The summed E-state index contributed by atoms with van der Waals surface area (Å²) in [7, 11) is 0. The minimum atomic E-state index is -1.46. The molecular formula is C24H28O7. The Bertz CT molecular complexity index is 918. The molecule has 0 aliphatic heterocycles. The molecule has 2 N–H and O–H groups in total. The highest BCUT2D eigenvalue weighted by Crippen LogP contribution is 2.30. The first-order valence-electron chi connectivity index (χ1n) is 10.3. The van der Waals surface area contributed by atoms with Gasteiger partial charge in [0.2, 0.25) is 5.76 Å². The summed E-state index contributed by atoms with van der Waals surface area (Å²) in [5, 5.41) is 18.0. The number of hydrogen-bond acceptors (Lipinski definition) is 5. The molecule has 0 amide bonds. The summed E-state index contributed by atoms with van der Waals surface area (Å²) >= 11 is 0. The van der Waals surface area contributed by atoms with Crippen LogP contribution in [0.3, 0.4) is 0 Å². The van der Waals surface area contributed by atoms with E-state index in [2.05, 4.69) is 13.0 Å². The molecule has 0 saturated heterocycles. The highest BCUT2D eigenvalue weighted by Gasteiger charge is 2.16. The molecular weight excluding hydrogens is 400 g/mol. The summed E-state index contributed by atoms with van der Waals surface area (Å²) < 4.78 is 17.1. The average Bonchev–Trinajstić information content (AvgIpc) is 2.74. The van der Waals surface area contributed by atoms with Gasteiger partial charge in [0.05, 0.1) is 19.3 Å². The van der Waals surface area contributed by atoms with Crippen molar-refractivity contribution in [3.63, 3.8) is 0 Å². The third kappa shape index (κ3) is 7.37. The lowest BCUT2D eigenvalue weighted by atomic mass is 10.1. The number of aryl methyl sites for hydroxylation is 1. The van der Waals surface area contributed by atoms with Crippen molar-refractivity contribution >= 4 is 11.9 Å². The van der Waals surface area contributed by atoms with Gasteiger partial charge in [0.1, 0.15) is 17.2 Å². The van der Waals surface area contributed by atoms with Gasteiger partial charge in [-0.05, 0) is 36.6 Å². The zero-order chi connectivity index (χ0) is 22.6. The maximum absolute atomic E-state index is 11.2. The Morgan fingerprint density at radius 3 is 2.19 bits per heavy atom. The molecule has 2 aromatic carbocycles. The number of carboxylic acid groups (broad SMARTS) is 2. The Balaban J connectivity index is 1.97. The molecule has 0 saturated carbocycles. The van der Waals surface area contributed by atoms with Crippen molar-refractivity contribution in [1.82, 2.24) is 0 Å². The quantitative estimate of drug-likeness (QED) is 0.275. The van der Waals surface area contributed by atoms with Crippen LogP contribution >= 0.6 is 0 Å². The Kier molecular flexibility index (Phi) is 9.42. The molecule has 0 radical (unpaired) electrons. The van der Waals surface area contributed by atoms with Gasteiger partial charge in [-0.25, -0.2) is 9.59 Å². The summed E-state index contributed by atoms with van der Waals surface area (Å²) in [4.78, 5) is 22.1. The predicted octanol–water partition coefficient (Wildman–Crippen LogP) is 4.48. The van der Waals surface area contributed by atoms with Crippen molar-refractivity contribution < 1.29 is 34.0 Å². The van der Waals surface area contributed by atoms with E-state index in [1.165, 1.54) is 5.56 Å². The number of aliphatic carboxylic acids is 2. The zero-order valence-electron chi connectivity index (χ0n) is 17.8. The van der Waals surface area contributed by atoms with Gasteiger partial charge in [-0.2, -0.15) is 0 Å². The fraction of sp³-hybridized carbons (Fsp3) is 0.333. The fourth-order valence-electron chi connectivity index (χ4n) is 3.03. The molecule has 0 fully saturated rings. The van der Waals surface area contributed by atoms with Gasteiger partial charge in [0.15, 0.2) is 0 Å². The van der Waals surface area contributed by atoms with Crippen molar-refractivity contribution in [2.24, 2.45) is 0 Å². The van der Waals surface area contributed by atoms with E-state index < -0.39 is 17.7 Å². The lowest BCUT2D eigenvalue weighted by molar-refractivity contribution is -0.137. The highest BCUT2D eigenvalue weighted by molar-refractivity contribution is 5.93. The maximum atomic E-state index is 11.2. The Hall–Kier alpha value is -3.48. The van der Waals surface area contributed by atoms with Crippen LogP contribution in [-0.2, 0) is 22.4 Å². The number of benzene rings is 2. The lowest BCUT2D eigenvalue weighted by Crippen LogP contribution is -2.12. The van der Waals surface area contributed by atoms with Crippen LogP contribution in [0, 0.1) is 0 Å². The van der Waals surface area contributed by atoms with E-state index in [4.69, 9.17) is 24.4 Å². The second-order valence-electron chi connectivity index (χ2n) is 6.75. The summed E-state index contributed by atoms with van der Waals surface area (Å²) in [5.41, 5.74) is 1.85. The molecule has 0 spiro atoms. The van der Waals surface area contributed by atoms with Gasteiger partial charge in [-0.3, -0.25) is 0 Å². The maximum Gasteiger partial charge on any atom is 0.372 e. The predicted molar refractivity (Wildman–Crippen MR) is 116 cm³/mol. The first-order chi connectivity index (χ1) is 15.0. The second-order valence-corrected chi connectivity index (χ2v) is 6.75. The largest absolute Gasteiger partial charge is 0.493 e. The minimum Gasteiger partial charge on any atom is -0.493 e. The van der Waals surface area contributed by atoms with Crippen molar-refractivity contribution in [2.75, 3.05) is 13.2 Å². The van der Waals surface area contributed by atoms with Gasteiger partial charge in [0, 0.05) is 12.0 Å². The summed E-state index contributed by atoms with van der Waals surface area (Å²) in [5.74, 6) is -1.83. The van der Waals surface area contributed by atoms with E-state index >= 15 is 0 Å². The van der Waals surface area contributed by atoms with Gasteiger partial charge in [-0.1, -0.05) is 44.5 Å². The number of para-hydroxylation sites is 1. The van der Waals surface area contributed by atoms with Crippen LogP contribution in [0.1, 0.15) is 37.8 Å². The molecule has 0 aromatic heterocycles. The number of rotatable bonds is 13. The van der Waals surface area contributed by atoms with Crippen LogP contribution in [-0.4, -0.2) is 35.4 Å². The van der Waals surface area contributed by atoms with Crippen molar-refractivity contribution in [1.29, 1.82) is 0 Å². The van der Waals surface area contributed by atoms with Crippen molar-refractivity contribution in [3.8, 4) is 17.2 Å². The van der Waals surface area contributed by atoms with Crippen molar-refractivity contribution in [3.05, 3.63) is 65.4 Å². The van der Waals surface area contributed by atoms with Crippen LogP contribution in [0.2, 0.25) is 0 Å². The van der Waals surface area contributed by atoms with Crippen LogP contribution in [0.15, 0.2) is 54.3 Å². The van der Waals surface area contributed by atoms with E-state index in [1.807, 2.05) is 25.1 Å². The molecule has 31 heavy (non-hydrogen) atoms. The van der Waals surface area contributed by atoms with E-state index in [1.54, 1.807) is 18.2 Å².